The Labute approximate surface area is 116 Å². The summed E-state index contributed by atoms with van der Waals surface area (Å²) in [6.45, 7) is 4.33. The maximum absolute atomic E-state index is 5.67. The average molecular weight is 278 g/mol. The lowest BCUT2D eigenvalue weighted by Gasteiger charge is -2.22. The fourth-order valence-electron chi connectivity index (χ4n) is 1.82. The van der Waals surface area contributed by atoms with Gasteiger partial charge in [-0.3, -0.25) is 0 Å². The van der Waals surface area contributed by atoms with E-state index in [4.69, 9.17) is 10.5 Å². The number of aromatic nitrogens is 2. The van der Waals surface area contributed by atoms with Gasteiger partial charge in [-0.25, -0.2) is 0 Å². The number of nitrogens with zero attached hydrogens (tertiary/aromatic N) is 2. The van der Waals surface area contributed by atoms with Crippen LogP contribution in [0, 0.1) is 5.92 Å². The molecule has 0 aliphatic heterocycles. The Morgan fingerprint density at radius 2 is 2.16 bits per heavy atom. The SMILES string of the molecule is COc1cc(NC(c2cccs2)C(C)C)nc(N)n1. The van der Waals surface area contributed by atoms with E-state index >= 15 is 0 Å². The Hall–Kier alpha value is -1.82. The number of thiophene rings is 1. The summed E-state index contributed by atoms with van der Waals surface area (Å²) in [5.74, 6) is 1.77. The monoisotopic (exact) mass is 278 g/mol. The minimum atomic E-state index is 0.194. The van der Waals surface area contributed by atoms with Gasteiger partial charge in [0, 0.05) is 10.9 Å². The van der Waals surface area contributed by atoms with Crippen LogP contribution in [0.25, 0.3) is 0 Å². The number of nitrogens with two attached hydrogens (primary N) is 1. The number of nitrogen functional groups attached to an aromatic ring is 1. The summed E-state index contributed by atoms with van der Waals surface area (Å²) in [5.41, 5.74) is 5.67. The highest BCUT2D eigenvalue weighted by atomic mass is 32.1. The molecule has 102 valence electrons. The second-order valence-electron chi connectivity index (χ2n) is 4.54. The molecule has 19 heavy (non-hydrogen) atoms. The summed E-state index contributed by atoms with van der Waals surface area (Å²) >= 11 is 1.72. The fraction of sp³-hybridized carbons (Fsp3) is 0.385. The van der Waals surface area contributed by atoms with Gasteiger partial charge in [-0.1, -0.05) is 19.9 Å². The van der Waals surface area contributed by atoms with Crippen LogP contribution in [0.4, 0.5) is 11.8 Å². The molecule has 0 saturated carbocycles. The van der Waals surface area contributed by atoms with Crippen LogP contribution in [0.5, 0.6) is 5.88 Å². The molecule has 0 amide bonds. The first-order chi connectivity index (χ1) is 9.10. The predicted molar refractivity (Wildman–Crippen MR) is 78.5 cm³/mol. The van der Waals surface area contributed by atoms with Gasteiger partial charge in [-0.05, 0) is 17.4 Å². The van der Waals surface area contributed by atoms with Gasteiger partial charge >= 0.3 is 0 Å². The quantitative estimate of drug-likeness (QED) is 0.879. The molecule has 2 heterocycles. The van der Waals surface area contributed by atoms with Crippen molar-refractivity contribution < 1.29 is 4.74 Å². The van der Waals surface area contributed by atoms with Gasteiger partial charge in [0.05, 0.1) is 13.2 Å². The summed E-state index contributed by atoms with van der Waals surface area (Å²) < 4.78 is 5.10. The van der Waals surface area contributed by atoms with Crippen molar-refractivity contribution in [3.05, 3.63) is 28.5 Å². The largest absolute Gasteiger partial charge is 0.481 e. The van der Waals surface area contributed by atoms with Crippen LogP contribution in [0.2, 0.25) is 0 Å². The highest BCUT2D eigenvalue weighted by Crippen LogP contribution is 2.29. The second-order valence-corrected chi connectivity index (χ2v) is 5.51. The lowest BCUT2D eigenvalue weighted by Crippen LogP contribution is -2.17. The van der Waals surface area contributed by atoms with E-state index in [0.29, 0.717) is 17.6 Å². The topological polar surface area (TPSA) is 73.1 Å². The van der Waals surface area contributed by atoms with E-state index in [1.54, 1.807) is 24.5 Å². The van der Waals surface area contributed by atoms with E-state index < -0.39 is 0 Å². The van der Waals surface area contributed by atoms with Gasteiger partial charge in [-0.15, -0.1) is 11.3 Å². The van der Waals surface area contributed by atoms with Crippen molar-refractivity contribution in [1.29, 1.82) is 0 Å². The molecule has 0 saturated heterocycles. The highest BCUT2D eigenvalue weighted by Gasteiger charge is 2.17. The number of methoxy groups -OCH3 is 1. The molecule has 1 atom stereocenters. The van der Waals surface area contributed by atoms with Gasteiger partial charge in [0.25, 0.3) is 0 Å². The van der Waals surface area contributed by atoms with Crippen molar-refractivity contribution in [2.24, 2.45) is 5.92 Å². The summed E-state index contributed by atoms with van der Waals surface area (Å²) in [6.07, 6.45) is 0. The molecule has 2 rings (SSSR count). The molecule has 5 nitrogen and oxygen atoms in total. The lowest BCUT2D eigenvalue weighted by molar-refractivity contribution is 0.398. The maximum atomic E-state index is 5.67. The first-order valence-corrected chi connectivity index (χ1v) is 6.96. The van der Waals surface area contributed by atoms with E-state index in [2.05, 4.69) is 40.6 Å². The third-order valence-corrected chi connectivity index (χ3v) is 3.70. The highest BCUT2D eigenvalue weighted by molar-refractivity contribution is 7.10. The standard InChI is InChI=1S/C13H18N4OS/c1-8(2)12(9-5-4-6-19-9)15-10-7-11(18-3)17-13(14)16-10/h4-8,12H,1-3H3,(H3,14,15,16,17). The van der Waals surface area contributed by atoms with E-state index in [9.17, 15) is 0 Å². The summed E-state index contributed by atoms with van der Waals surface area (Å²) in [6, 6.07) is 6.11. The number of hydrogen-bond donors (Lipinski definition) is 2. The molecule has 0 spiro atoms. The van der Waals surface area contributed by atoms with E-state index in [1.807, 2.05) is 6.07 Å². The molecule has 0 radical (unpaired) electrons. The molecule has 0 aliphatic carbocycles. The molecular weight excluding hydrogens is 260 g/mol. The van der Waals surface area contributed by atoms with Crippen molar-refractivity contribution in [2.75, 3.05) is 18.2 Å². The Morgan fingerprint density at radius 1 is 1.37 bits per heavy atom. The number of rotatable bonds is 5. The molecule has 2 aromatic heterocycles. The number of ether oxygens (including phenoxy) is 1. The molecule has 0 bridgehead atoms. The normalized spacial score (nSPS) is 12.4. The van der Waals surface area contributed by atoms with Crippen LogP contribution < -0.4 is 15.8 Å². The van der Waals surface area contributed by atoms with Crippen molar-refractivity contribution in [3.8, 4) is 5.88 Å². The Kier molecular flexibility index (Phi) is 4.21. The molecule has 1 unspecified atom stereocenters. The van der Waals surface area contributed by atoms with Crippen LogP contribution in [-0.4, -0.2) is 17.1 Å². The minimum Gasteiger partial charge on any atom is -0.481 e. The predicted octanol–water partition coefficient (Wildman–Crippen LogP) is 2.94. The van der Waals surface area contributed by atoms with E-state index in [1.165, 1.54) is 4.88 Å². The van der Waals surface area contributed by atoms with Crippen LogP contribution in [0.15, 0.2) is 23.6 Å². The zero-order valence-electron chi connectivity index (χ0n) is 11.3. The molecule has 0 aromatic carbocycles. The zero-order chi connectivity index (χ0) is 13.8. The average Bonchev–Trinajstić information content (AvgIpc) is 2.88. The zero-order valence-corrected chi connectivity index (χ0v) is 12.1. The van der Waals surface area contributed by atoms with Gasteiger partial charge in [-0.2, -0.15) is 9.97 Å². The summed E-state index contributed by atoms with van der Waals surface area (Å²) in [4.78, 5) is 9.44. The molecular formula is C13H18N4OS. The van der Waals surface area contributed by atoms with Gasteiger partial charge in [0.1, 0.15) is 5.82 Å². The maximum Gasteiger partial charge on any atom is 0.225 e. The molecule has 0 fully saturated rings. The van der Waals surface area contributed by atoms with Gasteiger partial charge in [0.2, 0.25) is 11.8 Å². The first-order valence-electron chi connectivity index (χ1n) is 6.08. The van der Waals surface area contributed by atoms with E-state index in [0.717, 1.165) is 0 Å². The molecule has 2 aromatic rings. The van der Waals surface area contributed by atoms with Crippen molar-refractivity contribution in [3.63, 3.8) is 0 Å². The third kappa shape index (κ3) is 3.35. The van der Waals surface area contributed by atoms with Crippen LogP contribution >= 0.6 is 11.3 Å². The first kappa shape index (κ1) is 13.6. The van der Waals surface area contributed by atoms with Gasteiger partial charge in [0.15, 0.2) is 0 Å². The third-order valence-electron chi connectivity index (χ3n) is 2.75. The number of anilines is 2. The Balaban J connectivity index is 2.24. The second kappa shape index (κ2) is 5.88. The summed E-state index contributed by atoms with van der Waals surface area (Å²) in [7, 11) is 1.56. The van der Waals surface area contributed by atoms with Crippen molar-refractivity contribution in [1.82, 2.24) is 9.97 Å². The minimum absolute atomic E-state index is 0.194. The number of hydrogen-bond acceptors (Lipinski definition) is 6. The fourth-order valence-corrected chi connectivity index (χ4v) is 2.76. The van der Waals surface area contributed by atoms with E-state index in [-0.39, 0.29) is 12.0 Å². The lowest BCUT2D eigenvalue weighted by atomic mass is 10.0. The smallest absolute Gasteiger partial charge is 0.225 e. The molecule has 6 heteroatoms. The summed E-state index contributed by atoms with van der Waals surface area (Å²) in [5, 5.41) is 5.47. The molecule has 3 N–H and O–H groups in total. The Morgan fingerprint density at radius 3 is 2.74 bits per heavy atom. The van der Waals surface area contributed by atoms with Crippen molar-refractivity contribution >= 4 is 23.1 Å². The van der Waals surface area contributed by atoms with Gasteiger partial charge < -0.3 is 15.8 Å². The van der Waals surface area contributed by atoms with Crippen LogP contribution in [-0.2, 0) is 0 Å². The Bertz CT molecular complexity index is 527. The number of nitrogens with one attached hydrogen (secondary N) is 1. The van der Waals surface area contributed by atoms with Crippen molar-refractivity contribution in [2.45, 2.75) is 19.9 Å². The van der Waals surface area contributed by atoms with Crippen LogP contribution in [0.1, 0.15) is 24.8 Å². The molecule has 0 aliphatic rings. The van der Waals surface area contributed by atoms with Crippen LogP contribution in [0.3, 0.4) is 0 Å².